The van der Waals surface area contributed by atoms with Crippen LogP contribution in [0.2, 0.25) is 0 Å². The van der Waals surface area contributed by atoms with Crippen molar-refractivity contribution in [3.63, 3.8) is 0 Å². The lowest BCUT2D eigenvalue weighted by Gasteiger charge is -2.38. The van der Waals surface area contributed by atoms with Gasteiger partial charge in [-0.2, -0.15) is 0 Å². The Kier molecular flexibility index (Phi) is 3.07. The third-order valence-electron chi connectivity index (χ3n) is 4.09. The van der Waals surface area contributed by atoms with Gasteiger partial charge in [-0.1, -0.05) is 0 Å². The van der Waals surface area contributed by atoms with Crippen LogP contribution < -0.4 is 0 Å². The normalized spacial score (nSPS) is 34.2. The molecule has 0 spiro atoms. The van der Waals surface area contributed by atoms with Crippen molar-refractivity contribution in [2.45, 2.75) is 43.9 Å². The summed E-state index contributed by atoms with van der Waals surface area (Å²) >= 11 is 0. The number of aliphatic hydroxyl groups is 1. The zero-order valence-electron chi connectivity index (χ0n) is 10.4. The molecular weight excluding hydrogens is 230 g/mol. The molecule has 3 aliphatic rings. The minimum Gasteiger partial charge on any atom is -0.393 e. The largest absolute Gasteiger partial charge is 0.393 e. The van der Waals surface area contributed by atoms with Crippen LogP contribution in [0.1, 0.15) is 25.7 Å². The monoisotopic (exact) mass is 249 g/mol. The van der Waals surface area contributed by atoms with Crippen molar-refractivity contribution in [1.82, 2.24) is 9.80 Å². The molecule has 0 aromatic rings. The summed E-state index contributed by atoms with van der Waals surface area (Å²) in [6.45, 7) is 0.963. The van der Waals surface area contributed by atoms with Gasteiger partial charge < -0.3 is 14.9 Å². The van der Waals surface area contributed by atoms with Gasteiger partial charge in [-0.15, -0.1) is 0 Å². The topological polar surface area (TPSA) is 56.1 Å². The molecule has 3 rings (SSSR count). The number of carbonyl (C=O) groups is 1. The van der Waals surface area contributed by atoms with Crippen LogP contribution in [0.4, 0.5) is 0 Å². The van der Waals surface area contributed by atoms with E-state index in [1.165, 1.54) is 0 Å². The SMILES string of the molecule is O=C(CN1C=CC=NC1)N1C2CCC1CC(O)C2. The summed E-state index contributed by atoms with van der Waals surface area (Å²) in [5.41, 5.74) is 0. The van der Waals surface area contributed by atoms with E-state index in [1.54, 1.807) is 6.21 Å². The molecule has 2 unspecified atom stereocenters. The molecule has 3 aliphatic heterocycles. The predicted molar refractivity (Wildman–Crippen MR) is 68.1 cm³/mol. The molecule has 5 heteroatoms. The fourth-order valence-electron chi connectivity index (χ4n) is 3.33. The highest BCUT2D eigenvalue weighted by Crippen LogP contribution is 2.35. The fourth-order valence-corrected chi connectivity index (χ4v) is 3.33. The van der Waals surface area contributed by atoms with Crippen molar-refractivity contribution in [3.05, 3.63) is 12.3 Å². The predicted octanol–water partition coefficient (Wildman–Crippen LogP) is 0.358. The molecule has 5 nitrogen and oxygen atoms in total. The van der Waals surface area contributed by atoms with Gasteiger partial charge in [-0.05, 0) is 31.8 Å². The number of aliphatic imine (C=N–C) groups is 1. The van der Waals surface area contributed by atoms with Crippen molar-refractivity contribution in [2.75, 3.05) is 13.2 Å². The number of rotatable bonds is 2. The standard InChI is InChI=1S/C13H19N3O2/c17-12-6-10-2-3-11(7-12)16(10)13(18)8-15-5-1-4-14-9-15/h1,4-5,10-12,17H,2-3,6-9H2. The van der Waals surface area contributed by atoms with Crippen LogP contribution in [0, 0.1) is 0 Å². The molecule has 1 N–H and O–H groups in total. The Bertz CT molecular complexity index is 380. The van der Waals surface area contributed by atoms with Crippen LogP contribution in [0.25, 0.3) is 0 Å². The molecule has 0 radical (unpaired) electrons. The second-order valence-corrected chi connectivity index (χ2v) is 5.37. The number of allylic oxidation sites excluding steroid dienone is 1. The summed E-state index contributed by atoms with van der Waals surface area (Å²) in [6, 6.07) is 0.507. The minimum absolute atomic E-state index is 0.177. The molecule has 98 valence electrons. The first-order valence-corrected chi connectivity index (χ1v) is 6.64. The highest BCUT2D eigenvalue weighted by molar-refractivity contribution is 5.80. The number of piperidine rings is 1. The van der Waals surface area contributed by atoms with Gasteiger partial charge >= 0.3 is 0 Å². The summed E-state index contributed by atoms with van der Waals surface area (Å²) < 4.78 is 0. The Morgan fingerprint density at radius 1 is 1.33 bits per heavy atom. The molecule has 1 amide bonds. The number of carbonyl (C=O) groups excluding carboxylic acids is 1. The third kappa shape index (κ3) is 2.14. The number of hydrogen-bond donors (Lipinski definition) is 1. The number of fused-ring (bicyclic) bond motifs is 2. The zero-order valence-corrected chi connectivity index (χ0v) is 10.4. The first-order chi connectivity index (χ1) is 8.74. The lowest BCUT2D eigenvalue weighted by atomic mass is 10.00. The summed E-state index contributed by atoms with van der Waals surface area (Å²) in [5.74, 6) is 0.177. The number of nitrogens with zero attached hydrogens (tertiary/aromatic N) is 3. The molecule has 2 saturated heterocycles. The molecule has 18 heavy (non-hydrogen) atoms. The maximum Gasteiger partial charge on any atom is 0.242 e. The highest BCUT2D eigenvalue weighted by Gasteiger charge is 2.42. The van der Waals surface area contributed by atoms with Crippen LogP contribution in [0.15, 0.2) is 17.3 Å². The molecule has 2 atom stereocenters. The van der Waals surface area contributed by atoms with Crippen LogP contribution in [-0.4, -0.2) is 58.4 Å². The summed E-state index contributed by atoms with van der Waals surface area (Å²) in [5, 5.41) is 9.73. The molecule has 0 aromatic carbocycles. The van der Waals surface area contributed by atoms with Crippen molar-refractivity contribution < 1.29 is 9.90 Å². The molecule has 2 fully saturated rings. The van der Waals surface area contributed by atoms with E-state index in [0.717, 1.165) is 25.7 Å². The van der Waals surface area contributed by atoms with E-state index in [-0.39, 0.29) is 24.1 Å². The minimum atomic E-state index is -0.217. The lowest BCUT2D eigenvalue weighted by Crippen LogP contribution is -2.50. The van der Waals surface area contributed by atoms with Crippen molar-refractivity contribution in [1.29, 1.82) is 0 Å². The maximum atomic E-state index is 12.4. The van der Waals surface area contributed by atoms with E-state index in [9.17, 15) is 9.90 Å². The summed E-state index contributed by atoms with van der Waals surface area (Å²) in [6.07, 6.45) is 8.87. The highest BCUT2D eigenvalue weighted by atomic mass is 16.3. The lowest BCUT2D eigenvalue weighted by molar-refractivity contribution is -0.138. The smallest absolute Gasteiger partial charge is 0.242 e. The Morgan fingerprint density at radius 2 is 2.06 bits per heavy atom. The van der Waals surface area contributed by atoms with Crippen molar-refractivity contribution in [3.8, 4) is 0 Å². The Morgan fingerprint density at radius 3 is 2.67 bits per heavy atom. The molecular formula is C13H19N3O2. The first kappa shape index (κ1) is 11.7. The molecule has 0 saturated carbocycles. The quantitative estimate of drug-likeness (QED) is 0.768. The van der Waals surface area contributed by atoms with Crippen LogP contribution in [0.3, 0.4) is 0 Å². The molecule has 3 heterocycles. The van der Waals surface area contributed by atoms with Crippen LogP contribution in [0.5, 0.6) is 0 Å². The average Bonchev–Trinajstić information content (AvgIpc) is 2.63. The zero-order chi connectivity index (χ0) is 12.5. The van der Waals surface area contributed by atoms with Gasteiger partial charge in [0.15, 0.2) is 0 Å². The van der Waals surface area contributed by atoms with E-state index in [1.807, 2.05) is 22.1 Å². The van der Waals surface area contributed by atoms with Crippen LogP contribution >= 0.6 is 0 Å². The fraction of sp³-hybridized carbons (Fsp3) is 0.692. The number of hydrogen-bond acceptors (Lipinski definition) is 4. The number of amides is 1. The maximum absolute atomic E-state index is 12.4. The summed E-state index contributed by atoms with van der Waals surface area (Å²) in [4.78, 5) is 20.4. The van der Waals surface area contributed by atoms with Crippen molar-refractivity contribution >= 4 is 12.1 Å². The van der Waals surface area contributed by atoms with Gasteiger partial charge in [0.25, 0.3) is 0 Å². The van der Waals surface area contributed by atoms with E-state index in [4.69, 9.17) is 0 Å². The van der Waals surface area contributed by atoms with E-state index in [0.29, 0.717) is 13.2 Å². The van der Waals surface area contributed by atoms with Crippen LogP contribution in [-0.2, 0) is 4.79 Å². The van der Waals surface area contributed by atoms with E-state index in [2.05, 4.69) is 4.99 Å². The van der Waals surface area contributed by atoms with Gasteiger partial charge in [0.05, 0.1) is 12.6 Å². The molecule has 0 aromatic heterocycles. The second-order valence-electron chi connectivity index (χ2n) is 5.37. The molecule has 2 bridgehead atoms. The second kappa shape index (κ2) is 4.72. The van der Waals surface area contributed by atoms with Gasteiger partial charge in [0.1, 0.15) is 6.67 Å². The van der Waals surface area contributed by atoms with Gasteiger partial charge in [0.2, 0.25) is 5.91 Å². The first-order valence-electron chi connectivity index (χ1n) is 6.64. The van der Waals surface area contributed by atoms with Gasteiger partial charge in [-0.25, -0.2) is 0 Å². The molecule has 0 aliphatic carbocycles. The Labute approximate surface area is 107 Å². The van der Waals surface area contributed by atoms with E-state index >= 15 is 0 Å². The Hall–Kier alpha value is -1.36. The summed E-state index contributed by atoms with van der Waals surface area (Å²) in [7, 11) is 0. The Balaban J connectivity index is 1.63. The van der Waals surface area contributed by atoms with Gasteiger partial charge in [-0.3, -0.25) is 9.79 Å². The average molecular weight is 249 g/mol. The van der Waals surface area contributed by atoms with Gasteiger partial charge in [0, 0.05) is 24.5 Å². The van der Waals surface area contributed by atoms with E-state index < -0.39 is 0 Å². The number of aliphatic hydroxyl groups excluding tert-OH is 1. The third-order valence-corrected chi connectivity index (χ3v) is 4.09. The van der Waals surface area contributed by atoms with Crippen molar-refractivity contribution in [2.24, 2.45) is 4.99 Å².